The molecule has 0 spiro atoms. The van der Waals surface area contributed by atoms with Crippen molar-refractivity contribution in [3.8, 4) is 0 Å². The maximum atomic E-state index is 12.7. The summed E-state index contributed by atoms with van der Waals surface area (Å²) < 4.78 is 8.85. The van der Waals surface area contributed by atoms with E-state index in [9.17, 15) is 19.5 Å². The molecule has 0 atom stereocenters. The van der Waals surface area contributed by atoms with Crippen LogP contribution >= 0.6 is 0 Å². The summed E-state index contributed by atoms with van der Waals surface area (Å²) in [5, 5.41) is 9.39. The summed E-state index contributed by atoms with van der Waals surface area (Å²) in [5.41, 5.74) is 6.28. The molecule has 2 heterocycles. The van der Waals surface area contributed by atoms with E-state index in [0.717, 1.165) is 50.5 Å². The number of aromatic nitrogens is 2. The van der Waals surface area contributed by atoms with Gasteiger partial charge in [0.2, 0.25) is 0 Å². The smallest absolute Gasteiger partial charge is 0.310 e. The topological polar surface area (TPSA) is 117 Å². The Labute approximate surface area is 233 Å². The van der Waals surface area contributed by atoms with Gasteiger partial charge in [0.15, 0.2) is 0 Å². The molecule has 3 N–H and O–H groups in total. The van der Waals surface area contributed by atoms with Crippen LogP contribution in [-0.4, -0.2) is 41.0 Å². The Morgan fingerprint density at radius 1 is 0.923 bits per heavy atom. The van der Waals surface area contributed by atoms with Crippen LogP contribution in [0.1, 0.15) is 75.9 Å². The second-order valence-electron chi connectivity index (χ2n) is 12.5. The fraction of sp³-hybridized carbons (Fsp3) is 0.633. The van der Waals surface area contributed by atoms with Crippen LogP contribution in [0.4, 0.5) is 5.69 Å². The van der Waals surface area contributed by atoms with Crippen LogP contribution < -0.4 is 16.9 Å². The van der Waals surface area contributed by atoms with Gasteiger partial charge in [-0.1, -0.05) is 32.6 Å². The van der Waals surface area contributed by atoms with Crippen molar-refractivity contribution in [2.24, 2.45) is 5.92 Å². The van der Waals surface area contributed by atoms with Gasteiger partial charge in [0.1, 0.15) is 0 Å². The zero-order chi connectivity index (χ0) is 28.6. The number of carbonyl (C=O) groups is 1. The van der Waals surface area contributed by atoms with Gasteiger partial charge < -0.3 is 24.7 Å². The van der Waals surface area contributed by atoms with Crippen LogP contribution in [0, 0.1) is 5.92 Å². The van der Waals surface area contributed by atoms with E-state index in [-0.39, 0.29) is 41.7 Å². The van der Waals surface area contributed by atoms with E-state index in [0.29, 0.717) is 17.9 Å². The van der Waals surface area contributed by atoms with Gasteiger partial charge in [-0.2, -0.15) is 0 Å². The predicted octanol–water partition coefficient (Wildman–Crippen LogP) is 4.93. The number of pyridine rings is 2. The number of esters is 1. The number of aliphatic hydroxyl groups excluding tert-OH is 1. The Kier molecular flexibility index (Phi) is 11.2. The van der Waals surface area contributed by atoms with Crippen LogP contribution in [0.3, 0.4) is 0 Å². The van der Waals surface area contributed by atoms with E-state index in [2.05, 4.69) is 26.6 Å². The Hall–Kier alpha value is -2.65. The van der Waals surface area contributed by atoms with Crippen molar-refractivity contribution in [3.05, 3.63) is 62.9 Å². The highest BCUT2D eigenvalue weighted by atomic mass is 28.3. The lowest BCUT2D eigenvalue weighted by atomic mass is 9.87. The molecule has 9 heteroatoms. The van der Waals surface area contributed by atoms with Gasteiger partial charge in [0.05, 0.1) is 24.8 Å². The minimum Gasteiger partial charge on any atom is -0.466 e. The number of nitrogens with zero attached hydrogens (tertiary/aromatic N) is 2. The van der Waals surface area contributed by atoms with Crippen molar-refractivity contribution in [2.45, 2.75) is 109 Å². The van der Waals surface area contributed by atoms with Crippen molar-refractivity contribution >= 4 is 19.7 Å². The number of ether oxygens (including phenoxy) is 1. The summed E-state index contributed by atoms with van der Waals surface area (Å²) >= 11 is 0. The number of hydrogen-bond donors (Lipinski definition) is 2. The molecule has 39 heavy (non-hydrogen) atoms. The molecule has 2 aromatic rings. The fourth-order valence-electron chi connectivity index (χ4n) is 5.33. The lowest BCUT2D eigenvalue weighted by molar-refractivity contribution is -0.142. The molecule has 0 aliphatic heterocycles. The first-order chi connectivity index (χ1) is 18.4. The number of nitrogens with two attached hydrogens (primary N) is 1. The number of anilines is 1. The van der Waals surface area contributed by atoms with Crippen molar-refractivity contribution in [2.75, 3.05) is 12.3 Å². The molecule has 2 aliphatic rings. The van der Waals surface area contributed by atoms with E-state index in [1.165, 1.54) is 12.8 Å². The van der Waals surface area contributed by atoms with Gasteiger partial charge in [-0.25, -0.2) is 0 Å². The maximum Gasteiger partial charge on any atom is 0.310 e. The van der Waals surface area contributed by atoms with Gasteiger partial charge in [-0.05, 0) is 81.5 Å². The third-order valence-electron chi connectivity index (χ3n) is 7.95. The second-order valence-corrected chi connectivity index (χ2v) is 18.1. The SMILES string of the molecule is CC1CCC(n2cccc(CC(=O)OCC[Si](C)(C)C)c2=O)CC1.Nc1cccn(C2CCC(O)CC2)c1=O. The Morgan fingerprint density at radius 3 is 2.05 bits per heavy atom. The third-order valence-corrected chi connectivity index (χ3v) is 9.65. The molecule has 0 unspecified atom stereocenters. The van der Waals surface area contributed by atoms with E-state index in [1.807, 2.05) is 16.8 Å². The van der Waals surface area contributed by atoms with Gasteiger partial charge in [0.25, 0.3) is 11.1 Å². The largest absolute Gasteiger partial charge is 0.466 e. The van der Waals surface area contributed by atoms with E-state index in [1.54, 1.807) is 29.0 Å². The summed E-state index contributed by atoms with van der Waals surface area (Å²) in [5.74, 6) is 0.460. The fourth-order valence-corrected chi connectivity index (χ4v) is 6.04. The Morgan fingerprint density at radius 2 is 1.46 bits per heavy atom. The summed E-state index contributed by atoms with van der Waals surface area (Å²) in [7, 11) is -1.21. The molecular weight excluding hydrogens is 510 g/mol. The van der Waals surface area contributed by atoms with Gasteiger partial charge in [-0.15, -0.1) is 0 Å². The molecule has 8 nitrogen and oxygen atoms in total. The quantitative estimate of drug-likeness (QED) is 0.368. The Bertz CT molecular complexity index is 1190. The van der Waals surface area contributed by atoms with Crippen molar-refractivity contribution < 1.29 is 14.6 Å². The second kappa shape index (κ2) is 14.1. The molecule has 0 amide bonds. The van der Waals surface area contributed by atoms with Crippen LogP contribution in [-0.2, 0) is 16.0 Å². The number of rotatable bonds is 7. The average molecular weight is 558 g/mol. The van der Waals surface area contributed by atoms with Crippen molar-refractivity contribution in [1.29, 1.82) is 0 Å². The molecule has 2 aromatic heterocycles. The minimum atomic E-state index is -1.21. The zero-order valence-corrected chi connectivity index (χ0v) is 25.1. The van der Waals surface area contributed by atoms with Gasteiger partial charge >= 0.3 is 5.97 Å². The minimum absolute atomic E-state index is 0.0285. The summed E-state index contributed by atoms with van der Waals surface area (Å²) in [6.07, 6.45) is 11.2. The molecule has 216 valence electrons. The van der Waals surface area contributed by atoms with Crippen LogP contribution in [0.15, 0.2) is 46.2 Å². The molecule has 0 aromatic carbocycles. The summed E-state index contributed by atoms with van der Waals surface area (Å²) in [6.45, 7) is 9.49. The first kappa shape index (κ1) is 30.9. The van der Waals surface area contributed by atoms with E-state index >= 15 is 0 Å². The highest BCUT2D eigenvalue weighted by Gasteiger charge is 2.23. The van der Waals surface area contributed by atoms with E-state index in [4.69, 9.17) is 10.5 Å². The first-order valence-corrected chi connectivity index (χ1v) is 18.2. The number of carbonyl (C=O) groups excluding carboxylic acids is 1. The number of aliphatic hydroxyl groups is 1. The molecule has 2 saturated carbocycles. The number of nitrogen functional groups attached to an aromatic ring is 1. The standard InChI is InChI=1S/C19H31NO3Si.C11H16N2O2/c1-15-7-9-17(10-8-15)20-11-5-6-16(19(20)22)14-18(21)23-12-13-24(2,3)4;12-10-2-1-7-13(11(10)15)8-3-5-9(14)6-4-8/h5-6,11,15,17H,7-10,12-14H2,1-4H3;1-2,7-9,14H,3-6,12H2. The molecule has 0 radical (unpaired) electrons. The Balaban J connectivity index is 0.000000239. The van der Waals surface area contributed by atoms with Crippen molar-refractivity contribution in [3.63, 3.8) is 0 Å². The third kappa shape index (κ3) is 9.49. The monoisotopic (exact) mass is 557 g/mol. The zero-order valence-electron chi connectivity index (χ0n) is 24.1. The normalized spacial score (nSPS) is 23.4. The van der Waals surface area contributed by atoms with Crippen LogP contribution in [0.2, 0.25) is 25.7 Å². The molecular formula is C30H47N3O5Si. The van der Waals surface area contributed by atoms with Gasteiger partial charge in [0, 0.05) is 38.1 Å². The van der Waals surface area contributed by atoms with Crippen molar-refractivity contribution in [1.82, 2.24) is 9.13 Å². The molecule has 2 fully saturated rings. The maximum absolute atomic E-state index is 12.7. The number of hydrogen-bond acceptors (Lipinski definition) is 6. The highest BCUT2D eigenvalue weighted by molar-refractivity contribution is 6.76. The van der Waals surface area contributed by atoms with Crippen LogP contribution in [0.5, 0.6) is 0 Å². The summed E-state index contributed by atoms with van der Waals surface area (Å²) in [4.78, 5) is 36.4. The molecule has 4 rings (SSSR count). The molecule has 2 aliphatic carbocycles. The van der Waals surface area contributed by atoms with E-state index < -0.39 is 8.07 Å². The lowest BCUT2D eigenvalue weighted by Crippen LogP contribution is -2.30. The predicted molar refractivity (Wildman–Crippen MR) is 159 cm³/mol. The van der Waals surface area contributed by atoms with Crippen LogP contribution in [0.25, 0.3) is 0 Å². The summed E-state index contributed by atoms with van der Waals surface area (Å²) in [6, 6.07) is 8.48. The molecule has 0 saturated heterocycles. The first-order valence-electron chi connectivity index (χ1n) is 14.4. The average Bonchev–Trinajstić information content (AvgIpc) is 2.88. The molecule has 0 bridgehead atoms. The highest BCUT2D eigenvalue weighted by Crippen LogP contribution is 2.31. The van der Waals surface area contributed by atoms with Gasteiger partial charge in [-0.3, -0.25) is 14.4 Å². The lowest BCUT2D eigenvalue weighted by Gasteiger charge is -2.28.